The molecule has 6 N–H and O–H groups in total. The van der Waals surface area contributed by atoms with Crippen LogP contribution in [0.1, 0.15) is 12.5 Å². The number of nitrogen functional groups attached to an aromatic ring is 1. The fraction of sp³-hybridized carbons (Fsp3) is 0.0909. The summed E-state index contributed by atoms with van der Waals surface area (Å²) in [6.07, 6.45) is 5.09. The summed E-state index contributed by atoms with van der Waals surface area (Å²) >= 11 is 0. The highest BCUT2D eigenvalue weighted by atomic mass is 16.3. The Balaban J connectivity index is 3.04. The lowest BCUT2D eigenvalue weighted by Gasteiger charge is -2.05. The van der Waals surface area contributed by atoms with Crippen molar-refractivity contribution < 1.29 is 5.11 Å². The van der Waals surface area contributed by atoms with E-state index < -0.39 is 0 Å². The largest absolute Gasteiger partial charge is 0.508 e. The number of H-pyrrole nitrogens is 1. The Morgan fingerprint density at radius 1 is 1.60 bits per heavy atom. The molecule has 0 saturated carbocycles. The van der Waals surface area contributed by atoms with Crippen LogP contribution in [0.2, 0.25) is 0 Å². The Morgan fingerprint density at radius 3 is 2.67 bits per heavy atom. The van der Waals surface area contributed by atoms with Crippen molar-refractivity contribution in [3.63, 3.8) is 0 Å². The van der Waals surface area contributed by atoms with Crippen LogP contribution in [0.3, 0.4) is 0 Å². The number of aliphatic hydroxyl groups is 1. The highest BCUT2D eigenvalue weighted by Gasteiger charge is 2.04. The Kier molecular flexibility index (Phi) is 3.23. The topological polar surface area (TPSA) is 88.1 Å². The molecule has 0 radical (unpaired) electrons. The molecule has 1 aromatic heterocycles. The van der Waals surface area contributed by atoms with E-state index >= 15 is 0 Å². The first-order chi connectivity index (χ1) is 7.06. The van der Waals surface area contributed by atoms with Gasteiger partial charge in [0.1, 0.15) is 11.6 Å². The minimum atomic E-state index is -0.0552. The van der Waals surface area contributed by atoms with Crippen molar-refractivity contribution in [1.82, 2.24) is 4.98 Å². The number of aromatic nitrogens is 1. The number of nitrogens with two attached hydrogens (primary N) is 2. The van der Waals surface area contributed by atoms with Crippen LogP contribution in [0.4, 0.5) is 5.82 Å². The maximum Gasteiger partial charge on any atom is 0.117 e. The molecule has 0 atom stereocenters. The van der Waals surface area contributed by atoms with E-state index in [1.165, 1.54) is 0 Å². The maximum absolute atomic E-state index is 9.26. The molecule has 4 heteroatoms. The molecule has 0 aromatic carbocycles. The molecule has 1 aromatic rings. The number of hydrogen-bond donors (Lipinski definition) is 4. The third-order valence-corrected chi connectivity index (χ3v) is 2.03. The molecule has 0 unspecified atom stereocenters. The SMILES string of the molecule is C=C(O)C(=C\C)/C(N)=C/c1cc[nH]c1N. The second-order valence-electron chi connectivity index (χ2n) is 3.10. The van der Waals surface area contributed by atoms with E-state index in [-0.39, 0.29) is 5.76 Å². The lowest BCUT2D eigenvalue weighted by molar-refractivity contribution is 0.427. The third kappa shape index (κ3) is 2.43. The van der Waals surface area contributed by atoms with Gasteiger partial charge in [0.2, 0.25) is 0 Å². The van der Waals surface area contributed by atoms with Gasteiger partial charge in [0.15, 0.2) is 0 Å². The van der Waals surface area contributed by atoms with Crippen LogP contribution >= 0.6 is 0 Å². The summed E-state index contributed by atoms with van der Waals surface area (Å²) in [7, 11) is 0. The summed E-state index contributed by atoms with van der Waals surface area (Å²) in [6.45, 7) is 5.20. The first-order valence-electron chi connectivity index (χ1n) is 4.51. The van der Waals surface area contributed by atoms with Gasteiger partial charge in [0, 0.05) is 23.0 Å². The van der Waals surface area contributed by atoms with Gasteiger partial charge in [-0.1, -0.05) is 12.7 Å². The van der Waals surface area contributed by atoms with Gasteiger partial charge < -0.3 is 21.6 Å². The zero-order valence-electron chi connectivity index (χ0n) is 8.62. The van der Waals surface area contributed by atoms with E-state index in [1.54, 1.807) is 31.3 Å². The Morgan fingerprint density at radius 2 is 2.27 bits per heavy atom. The minimum Gasteiger partial charge on any atom is -0.508 e. The smallest absolute Gasteiger partial charge is 0.117 e. The Bertz CT molecular complexity index is 427. The van der Waals surface area contributed by atoms with Crippen molar-refractivity contribution in [3.8, 4) is 0 Å². The van der Waals surface area contributed by atoms with Crippen molar-refractivity contribution in [2.24, 2.45) is 5.73 Å². The van der Waals surface area contributed by atoms with E-state index in [1.807, 2.05) is 0 Å². The van der Waals surface area contributed by atoms with Crippen molar-refractivity contribution in [1.29, 1.82) is 0 Å². The fourth-order valence-corrected chi connectivity index (χ4v) is 1.27. The van der Waals surface area contributed by atoms with Crippen LogP contribution in [-0.2, 0) is 0 Å². The van der Waals surface area contributed by atoms with Gasteiger partial charge in [0.25, 0.3) is 0 Å². The summed E-state index contributed by atoms with van der Waals surface area (Å²) in [4.78, 5) is 2.83. The van der Waals surface area contributed by atoms with Crippen molar-refractivity contribution >= 4 is 11.9 Å². The number of nitrogens with one attached hydrogen (secondary N) is 1. The van der Waals surface area contributed by atoms with Crippen molar-refractivity contribution in [3.05, 3.63) is 47.5 Å². The van der Waals surface area contributed by atoms with Crippen LogP contribution in [0.25, 0.3) is 6.08 Å². The average Bonchev–Trinajstić information content (AvgIpc) is 2.52. The molecule has 4 nitrogen and oxygen atoms in total. The zero-order valence-corrected chi connectivity index (χ0v) is 8.62. The van der Waals surface area contributed by atoms with E-state index in [4.69, 9.17) is 11.5 Å². The minimum absolute atomic E-state index is 0.0552. The standard InChI is InChI=1S/C11H15N3O/c1-3-9(7(2)15)10(12)6-8-4-5-14-11(8)13/h3-6,14-15H,2,12-13H2,1H3/b9-3+,10-6-. The van der Waals surface area contributed by atoms with Crippen molar-refractivity contribution in [2.45, 2.75) is 6.92 Å². The summed E-state index contributed by atoms with van der Waals surface area (Å²) in [5.41, 5.74) is 13.2. The monoisotopic (exact) mass is 205 g/mol. The highest BCUT2D eigenvalue weighted by molar-refractivity contribution is 5.67. The lowest BCUT2D eigenvalue weighted by Crippen LogP contribution is -2.03. The van der Waals surface area contributed by atoms with E-state index in [0.29, 0.717) is 17.1 Å². The number of rotatable bonds is 3. The molecular formula is C11H15N3O. The number of anilines is 1. The second kappa shape index (κ2) is 4.41. The molecule has 0 aliphatic carbocycles. The molecular weight excluding hydrogens is 190 g/mol. The first-order valence-corrected chi connectivity index (χ1v) is 4.51. The van der Waals surface area contributed by atoms with Crippen LogP contribution < -0.4 is 11.5 Å². The normalized spacial score (nSPS) is 12.9. The molecule has 0 spiro atoms. The first kappa shape index (κ1) is 11.0. The number of allylic oxidation sites excluding steroid dienone is 1. The molecule has 0 fully saturated rings. The van der Waals surface area contributed by atoms with Gasteiger partial charge in [-0.05, 0) is 19.1 Å². The number of hydrogen-bond acceptors (Lipinski definition) is 3. The van der Waals surface area contributed by atoms with Gasteiger partial charge in [-0.2, -0.15) is 0 Å². The van der Waals surface area contributed by atoms with Gasteiger partial charge in [0.05, 0.1) is 0 Å². The van der Waals surface area contributed by atoms with Crippen LogP contribution in [0.15, 0.2) is 41.9 Å². The van der Waals surface area contributed by atoms with Crippen LogP contribution in [0.5, 0.6) is 0 Å². The molecule has 0 aliphatic rings. The molecule has 0 saturated heterocycles. The van der Waals surface area contributed by atoms with Gasteiger partial charge in [-0.3, -0.25) is 0 Å². The molecule has 80 valence electrons. The maximum atomic E-state index is 9.26. The average molecular weight is 205 g/mol. The molecule has 15 heavy (non-hydrogen) atoms. The summed E-state index contributed by atoms with van der Waals surface area (Å²) in [5, 5.41) is 9.26. The predicted molar refractivity (Wildman–Crippen MR) is 62.9 cm³/mol. The number of aliphatic hydroxyl groups excluding tert-OH is 1. The van der Waals surface area contributed by atoms with Crippen molar-refractivity contribution in [2.75, 3.05) is 5.73 Å². The molecule has 1 heterocycles. The fourth-order valence-electron chi connectivity index (χ4n) is 1.27. The predicted octanol–water partition coefficient (Wildman–Crippen LogP) is 1.91. The molecule has 0 bridgehead atoms. The molecule has 0 amide bonds. The Labute approximate surface area is 88.6 Å². The quantitative estimate of drug-likeness (QED) is 0.449. The lowest BCUT2D eigenvalue weighted by atomic mass is 10.1. The summed E-state index contributed by atoms with van der Waals surface area (Å²) < 4.78 is 0. The summed E-state index contributed by atoms with van der Waals surface area (Å²) in [6, 6.07) is 1.80. The van der Waals surface area contributed by atoms with Gasteiger partial charge in [-0.25, -0.2) is 0 Å². The third-order valence-electron chi connectivity index (χ3n) is 2.03. The number of aromatic amines is 1. The molecule has 1 rings (SSSR count). The van der Waals surface area contributed by atoms with Gasteiger partial charge >= 0.3 is 0 Å². The van der Waals surface area contributed by atoms with Gasteiger partial charge in [-0.15, -0.1) is 0 Å². The molecule has 0 aliphatic heterocycles. The van der Waals surface area contributed by atoms with Crippen LogP contribution in [-0.4, -0.2) is 10.1 Å². The Hall–Kier alpha value is -2.10. The summed E-state index contributed by atoms with van der Waals surface area (Å²) in [5.74, 6) is 0.484. The van der Waals surface area contributed by atoms with E-state index in [2.05, 4.69) is 11.6 Å². The van der Waals surface area contributed by atoms with Crippen LogP contribution in [0, 0.1) is 0 Å². The van der Waals surface area contributed by atoms with E-state index in [0.717, 1.165) is 5.56 Å². The zero-order chi connectivity index (χ0) is 11.4. The second-order valence-corrected chi connectivity index (χ2v) is 3.10. The highest BCUT2D eigenvalue weighted by Crippen LogP contribution is 2.17. The van der Waals surface area contributed by atoms with E-state index in [9.17, 15) is 5.11 Å².